The number of nitrogens with one attached hydrogen (secondary N) is 2. The molecule has 0 atom stereocenters. The average molecular weight is 341 g/mol. The predicted octanol–water partition coefficient (Wildman–Crippen LogP) is 3.33. The Morgan fingerprint density at radius 3 is 2.12 bits per heavy atom. The van der Waals surface area contributed by atoms with Crippen LogP contribution in [0.2, 0.25) is 0 Å². The third-order valence-electron chi connectivity index (χ3n) is 3.58. The van der Waals surface area contributed by atoms with Crippen molar-refractivity contribution in [1.82, 2.24) is 4.90 Å². The van der Waals surface area contributed by atoms with Crippen LogP contribution in [-0.4, -0.2) is 37.1 Å². The molecule has 0 saturated heterocycles. The second-order valence-electron chi connectivity index (χ2n) is 5.49. The highest BCUT2D eigenvalue weighted by Gasteiger charge is 2.12. The standard InChI is InChI=1S/C19H23N3O3/c1-3-22(13-15-7-5-4-6-8-15)19(24)21-17-11-9-16(10-12-17)20-18(23)14-25-2/h4-12H,3,13-14H2,1-2H3,(H,20,23)(H,21,24). The monoisotopic (exact) mass is 341 g/mol. The molecule has 25 heavy (non-hydrogen) atoms. The molecule has 2 aromatic carbocycles. The fraction of sp³-hybridized carbons (Fsp3) is 0.263. The van der Waals surface area contributed by atoms with Crippen molar-refractivity contribution in [3.8, 4) is 0 Å². The topological polar surface area (TPSA) is 70.7 Å². The Morgan fingerprint density at radius 1 is 0.960 bits per heavy atom. The molecule has 0 aliphatic carbocycles. The summed E-state index contributed by atoms with van der Waals surface area (Å²) in [7, 11) is 1.47. The summed E-state index contributed by atoms with van der Waals surface area (Å²) >= 11 is 0. The number of carbonyl (C=O) groups is 2. The number of anilines is 2. The first-order valence-corrected chi connectivity index (χ1v) is 8.11. The van der Waals surface area contributed by atoms with Crippen molar-refractivity contribution >= 4 is 23.3 Å². The largest absolute Gasteiger partial charge is 0.375 e. The summed E-state index contributed by atoms with van der Waals surface area (Å²) in [4.78, 5) is 25.6. The molecule has 0 unspecified atom stereocenters. The van der Waals surface area contributed by atoms with Gasteiger partial charge in [-0.1, -0.05) is 30.3 Å². The van der Waals surface area contributed by atoms with Crippen molar-refractivity contribution in [2.45, 2.75) is 13.5 Å². The van der Waals surface area contributed by atoms with E-state index in [0.717, 1.165) is 5.56 Å². The number of carbonyl (C=O) groups excluding carboxylic acids is 2. The fourth-order valence-electron chi connectivity index (χ4n) is 2.30. The molecule has 0 bridgehead atoms. The van der Waals surface area contributed by atoms with E-state index in [4.69, 9.17) is 4.74 Å². The van der Waals surface area contributed by atoms with E-state index in [-0.39, 0.29) is 18.5 Å². The van der Waals surface area contributed by atoms with Gasteiger partial charge in [0.2, 0.25) is 5.91 Å². The van der Waals surface area contributed by atoms with Crippen molar-refractivity contribution < 1.29 is 14.3 Å². The number of urea groups is 1. The van der Waals surface area contributed by atoms with Crippen molar-refractivity contribution in [3.05, 3.63) is 60.2 Å². The van der Waals surface area contributed by atoms with E-state index >= 15 is 0 Å². The fourth-order valence-corrected chi connectivity index (χ4v) is 2.30. The van der Waals surface area contributed by atoms with Gasteiger partial charge < -0.3 is 20.3 Å². The molecule has 2 N–H and O–H groups in total. The summed E-state index contributed by atoms with van der Waals surface area (Å²) in [6.45, 7) is 3.10. The molecule has 6 heteroatoms. The summed E-state index contributed by atoms with van der Waals surface area (Å²) in [5, 5.41) is 5.57. The van der Waals surface area contributed by atoms with E-state index in [0.29, 0.717) is 24.5 Å². The van der Waals surface area contributed by atoms with E-state index in [1.165, 1.54) is 7.11 Å². The molecular formula is C19H23N3O3. The van der Waals surface area contributed by atoms with Crippen LogP contribution >= 0.6 is 0 Å². The Hall–Kier alpha value is -2.86. The van der Waals surface area contributed by atoms with Gasteiger partial charge in [-0.25, -0.2) is 4.79 Å². The number of methoxy groups -OCH3 is 1. The van der Waals surface area contributed by atoms with Gasteiger partial charge in [0.25, 0.3) is 0 Å². The summed E-state index contributed by atoms with van der Waals surface area (Å²) in [6, 6.07) is 16.6. The Kier molecular flexibility index (Phi) is 6.98. The van der Waals surface area contributed by atoms with Crippen molar-refractivity contribution in [2.75, 3.05) is 30.9 Å². The van der Waals surface area contributed by atoms with E-state index in [1.54, 1.807) is 29.2 Å². The van der Waals surface area contributed by atoms with Crippen LogP contribution in [0, 0.1) is 0 Å². The normalized spacial score (nSPS) is 10.2. The van der Waals surface area contributed by atoms with Crippen LogP contribution < -0.4 is 10.6 Å². The van der Waals surface area contributed by atoms with Gasteiger partial charge in [0, 0.05) is 31.6 Å². The molecule has 0 heterocycles. The zero-order valence-electron chi connectivity index (χ0n) is 14.5. The zero-order valence-corrected chi connectivity index (χ0v) is 14.5. The minimum absolute atomic E-state index is 0.00341. The molecule has 0 saturated carbocycles. The lowest BCUT2D eigenvalue weighted by Crippen LogP contribution is -2.34. The molecule has 6 nitrogen and oxygen atoms in total. The number of amides is 3. The van der Waals surface area contributed by atoms with Gasteiger partial charge in [0.15, 0.2) is 0 Å². The summed E-state index contributed by atoms with van der Waals surface area (Å²) in [6.07, 6.45) is 0. The second kappa shape index (κ2) is 9.44. The van der Waals surface area contributed by atoms with Crippen molar-refractivity contribution in [2.24, 2.45) is 0 Å². The van der Waals surface area contributed by atoms with E-state index in [9.17, 15) is 9.59 Å². The van der Waals surface area contributed by atoms with Gasteiger partial charge in [-0.15, -0.1) is 0 Å². The first kappa shape index (κ1) is 18.5. The molecule has 0 aliphatic heterocycles. The number of hydrogen-bond acceptors (Lipinski definition) is 3. The van der Waals surface area contributed by atoms with E-state index in [1.807, 2.05) is 37.3 Å². The zero-order chi connectivity index (χ0) is 18.1. The quantitative estimate of drug-likeness (QED) is 0.811. The van der Waals surface area contributed by atoms with Crippen LogP contribution in [0.15, 0.2) is 54.6 Å². The first-order valence-electron chi connectivity index (χ1n) is 8.11. The maximum atomic E-state index is 12.4. The molecular weight excluding hydrogens is 318 g/mol. The SMILES string of the molecule is CCN(Cc1ccccc1)C(=O)Nc1ccc(NC(=O)COC)cc1. The highest BCUT2D eigenvalue weighted by molar-refractivity contribution is 5.93. The van der Waals surface area contributed by atoms with E-state index < -0.39 is 0 Å². The van der Waals surface area contributed by atoms with Crippen LogP contribution in [-0.2, 0) is 16.1 Å². The molecule has 0 spiro atoms. The van der Waals surface area contributed by atoms with Gasteiger partial charge in [-0.2, -0.15) is 0 Å². The number of ether oxygens (including phenoxy) is 1. The maximum absolute atomic E-state index is 12.4. The predicted molar refractivity (Wildman–Crippen MR) is 98.5 cm³/mol. The van der Waals surface area contributed by atoms with Gasteiger partial charge in [0.1, 0.15) is 6.61 Å². The number of nitrogens with zero attached hydrogens (tertiary/aromatic N) is 1. The molecule has 0 radical (unpaired) electrons. The lowest BCUT2D eigenvalue weighted by atomic mass is 10.2. The Balaban J connectivity index is 1.93. The lowest BCUT2D eigenvalue weighted by molar-refractivity contribution is -0.119. The van der Waals surface area contributed by atoms with Crippen LogP contribution in [0.5, 0.6) is 0 Å². The first-order chi connectivity index (χ1) is 12.1. The summed E-state index contributed by atoms with van der Waals surface area (Å²) in [5.74, 6) is -0.223. The molecule has 2 aromatic rings. The molecule has 132 valence electrons. The average Bonchev–Trinajstić information content (AvgIpc) is 2.62. The minimum Gasteiger partial charge on any atom is -0.375 e. The maximum Gasteiger partial charge on any atom is 0.322 e. The lowest BCUT2D eigenvalue weighted by Gasteiger charge is -2.21. The van der Waals surface area contributed by atoms with E-state index in [2.05, 4.69) is 10.6 Å². The third-order valence-corrected chi connectivity index (χ3v) is 3.58. The minimum atomic E-state index is -0.223. The Morgan fingerprint density at radius 2 is 1.56 bits per heavy atom. The van der Waals surface area contributed by atoms with Crippen LogP contribution in [0.3, 0.4) is 0 Å². The molecule has 2 rings (SSSR count). The molecule has 0 aromatic heterocycles. The van der Waals surface area contributed by atoms with Gasteiger partial charge in [-0.05, 0) is 36.8 Å². The van der Waals surface area contributed by atoms with Crippen molar-refractivity contribution in [3.63, 3.8) is 0 Å². The second-order valence-corrected chi connectivity index (χ2v) is 5.49. The number of benzene rings is 2. The van der Waals surface area contributed by atoms with Crippen LogP contribution in [0.25, 0.3) is 0 Å². The Bertz CT molecular complexity index is 687. The molecule has 0 fully saturated rings. The van der Waals surface area contributed by atoms with Crippen molar-refractivity contribution in [1.29, 1.82) is 0 Å². The molecule has 0 aliphatic rings. The smallest absolute Gasteiger partial charge is 0.322 e. The number of hydrogen-bond donors (Lipinski definition) is 2. The molecule has 3 amide bonds. The van der Waals surface area contributed by atoms with Crippen LogP contribution in [0.4, 0.5) is 16.2 Å². The summed E-state index contributed by atoms with van der Waals surface area (Å²) < 4.78 is 4.77. The Labute approximate surface area is 147 Å². The highest BCUT2D eigenvalue weighted by atomic mass is 16.5. The summed E-state index contributed by atoms with van der Waals surface area (Å²) in [5.41, 5.74) is 2.40. The van der Waals surface area contributed by atoms with Gasteiger partial charge in [-0.3, -0.25) is 4.79 Å². The highest BCUT2D eigenvalue weighted by Crippen LogP contribution is 2.15. The van der Waals surface area contributed by atoms with Gasteiger partial charge in [0.05, 0.1) is 0 Å². The third kappa shape index (κ3) is 5.93. The van der Waals surface area contributed by atoms with Crippen LogP contribution in [0.1, 0.15) is 12.5 Å². The van der Waals surface area contributed by atoms with Gasteiger partial charge >= 0.3 is 6.03 Å². The number of rotatable bonds is 7.